The normalized spacial score (nSPS) is 14.7. The Morgan fingerprint density at radius 2 is 1.71 bits per heavy atom. The Hall–Kier alpha value is -3.36. The second-order valence-corrected chi connectivity index (χ2v) is 8.19. The number of nitrogens with zero attached hydrogens (tertiary/aromatic N) is 4. The maximum Gasteiger partial charge on any atom is 0.127 e. The van der Waals surface area contributed by atoms with Crippen LogP contribution >= 0.6 is 0 Å². The number of ether oxygens (including phenoxy) is 1. The van der Waals surface area contributed by atoms with Crippen molar-refractivity contribution in [2.75, 3.05) is 32.1 Å². The van der Waals surface area contributed by atoms with Gasteiger partial charge >= 0.3 is 0 Å². The van der Waals surface area contributed by atoms with Crippen molar-refractivity contribution in [3.05, 3.63) is 78.0 Å². The Morgan fingerprint density at radius 1 is 1.00 bits per heavy atom. The minimum Gasteiger partial charge on any atom is -0.490 e. The highest BCUT2D eigenvalue weighted by Gasteiger charge is 2.21. The highest BCUT2D eigenvalue weighted by Crippen LogP contribution is 2.25. The first-order valence-electron chi connectivity index (χ1n) is 10.7. The van der Waals surface area contributed by atoms with Gasteiger partial charge in [0.1, 0.15) is 17.7 Å². The number of hydrogen-bond acceptors (Lipinski definition) is 5. The van der Waals surface area contributed by atoms with Gasteiger partial charge in [0.25, 0.3) is 0 Å². The maximum absolute atomic E-state index is 9.29. The van der Waals surface area contributed by atoms with E-state index >= 15 is 0 Å². The van der Waals surface area contributed by atoms with Gasteiger partial charge in [-0.2, -0.15) is 5.26 Å². The summed E-state index contributed by atoms with van der Waals surface area (Å²) in [5.41, 5.74) is 4.11. The zero-order chi connectivity index (χ0) is 21.6. The smallest absolute Gasteiger partial charge is 0.127 e. The van der Waals surface area contributed by atoms with Crippen molar-refractivity contribution in [1.82, 2.24) is 9.88 Å². The molecule has 0 radical (unpaired) electrons. The maximum atomic E-state index is 9.29. The molecule has 0 atom stereocenters. The summed E-state index contributed by atoms with van der Waals surface area (Å²) in [7, 11) is 3.98. The number of benzene rings is 2. The Labute approximate surface area is 184 Å². The van der Waals surface area contributed by atoms with Crippen molar-refractivity contribution >= 4 is 5.82 Å². The van der Waals surface area contributed by atoms with Gasteiger partial charge < -0.3 is 9.64 Å². The molecule has 3 aromatic rings. The van der Waals surface area contributed by atoms with E-state index in [9.17, 15) is 5.26 Å². The zero-order valence-corrected chi connectivity index (χ0v) is 18.2. The summed E-state index contributed by atoms with van der Waals surface area (Å²) in [6, 6.07) is 22.6. The van der Waals surface area contributed by atoms with E-state index in [1.165, 1.54) is 0 Å². The first-order valence-corrected chi connectivity index (χ1v) is 10.7. The second kappa shape index (κ2) is 9.63. The van der Waals surface area contributed by atoms with Crippen LogP contribution in [0.2, 0.25) is 0 Å². The van der Waals surface area contributed by atoms with E-state index in [-0.39, 0.29) is 6.10 Å². The number of piperidine rings is 1. The SMILES string of the molecule is CN(C)c1ccc(-c2ccc(OC3CCN(Cc4ccccc4C#N)CC3)cc2)cn1. The number of nitriles is 1. The van der Waals surface area contributed by atoms with Gasteiger partial charge in [-0.25, -0.2) is 4.98 Å². The predicted octanol–water partition coefficient (Wildman–Crippen LogP) is 4.73. The molecule has 2 aromatic carbocycles. The van der Waals surface area contributed by atoms with E-state index in [1.807, 2.05) is 67.7 Å². The van der Waals surface area contributed by atoms with E-state index < -0.39 is 0 Å². The van der Waals surface area contributed by atoms with Crippen LogP contribution in [0.5, 0.6) is 5.75 Å². The van der Waals surface area contributed by atoms with Gasteiger partial charge in [0, 0.05) is 45.5 Å². The minimum absolute atomic E-state index is 0.231. The summed E-state index contributed by atoms with van der Waals surface area (Å²) in [6.45, 7) is 2.78. The average molecular weight is 413 g/mol. The molecular formula is C26H28N4O. The van der Waals surface area contributed by atoms with Gasteiger partial charge in [-0.3, -0.25) is 4.90 Å². The molecule has 4 rings (SSSR count). The van der Waals surface area contributed by atoms with Crippen LogP contribution in [-0.2, 0) is 6.54 Å². The molecule has 1 aliphatic heterocycles. The lowest BCUT2D eigenvalue weighted by molar-refractivity contribution is 0.0968. The number of rotatable bonds is 6. The molecule has 5 heteroatoms. The molecule has 0 unspecified atom stereocenters. The van der Waals surface area contributed by atoms with Crippen LogP contribution in [0, 0.1) is 11.3 Å². The topological polar surface area (TPSA) is 52.4 Å². The average Bonchev–Trinajstić information content (AvgIpc) is 2.81. The fourth-order valence-electron chi connectivity index (χ4n) is 3.93. The van der Waals surface area contributed by atoms with Crippen LogP contribution in [-0.4, -0.2) is 43.2 Å². The fraction of sp³-hybridized carbons (Fsp3) is 0.308. The molecule has 2 heterocycles. The molecule has 1 fully saturated rings. The van der Waals surface area contributed by atoms with Crippen molar-refractivity contribution in [3.8, 4) is 22.9 Å². The summed E-state index contributed by atoms with van der Waals surface area (Å²) in [5.74, 6) is 1.86. The molecule has 1 saturated heterocycles. The first-order chi connectivity index (χ1) is 15.1. The molecule has 1 aromatic heterocycles. The van der Waals surface area contributed by atoms with Gasteiger partial charge in [-0.05, 0) is 54.3 Å². The molecule has 1 aliphatic rings. The van der Waals surface area contributed by atoms with Crippen LogP contribution in [0.4, 0.5) is 5.82 Å². The third kappa shape index (κ3) is 5.22. The summed E-state index contributed by atoms with van der Waals surface area (Å²) in [5, 5.41) is 9.29. The molecule has 158 valence electrons. The highest BCUT2D eigenvalue weighted by molar-refractivity contribution is 5.64. The van der Waals surface area contributed by atoms with Gasteiger partial charge in [0.2, 0.25) is 0 Å². The van der Waals surface area contributed by atoms with Crippen LogP contribution < -0.4 is 9.64 Å². The van der Waals surface area contributed by atoms with Crippen LogP contribution in [0.3, 0.4) is 0 Å². The van der Waals surface area contributed by atoms with Gasteiger partial charge in [-0.15, -0.1) is 0 Å². The van der Waals surface area contributed by atoms with Gasteiger partial charge in [0.15, 0.2) is 0 Å². The molecule has 5 nitrogen and oxygen atoms in total. The third-order valence-corrected chi connectivity index (χ3v) is 5.76. The van der Waals surface area contributed by atoms with E-state index in [0.29, 0.717) is 0 Å². The standard InChI is InChI=1S/C26H28N4O/c1-29(2)26-12-9-22(18-28-26)20-7-10-24(11-8-20)31-25-13-15-30(16-14-25)19-23-6-4-3-5-21(23)17-27/h3-12,18,25H,13-16,19H2,1-2H3. The monoisotopic (exact) mass is 412 g/mol. The lowest BCUT2D eigenvalue weighted by Crippen LogP contribution is -2.37. The van der Waals surface area contributed by atoms with Crippen molar-refractivity contribution in [2.45, 2.75) is 25.5 Å². The molecule has 0 N–H and O–H groups in total. The van der Waals surface area contributed by atoms with Gasteiger partial charge in [0.05, 0.1) is 11.6 Å². The fourth-order valence-corrected chi connectivity index (χ4v) is 3.93. The number of hydrogen-bond donors (Lipinski definition) is 0. The molecule has 0 bridgehead atoms. The Kier molecular flexibility index (Phi) is 6.49. The molecular weight excluding hydrogens is 384 g/mol. The number of likely N-dealkylation sites (tertiary alicyclic amines) is 1. The van der Waals surface area contributed by atoms with Crippen molar-refractivity contribution in [3.63, 3.8) is 0 Å². The van der Waals surface area contributed by atoms with Crippen LogP contribution in [0.1, 0.15) is 24.0 Å². The number of pyridine rings is 1. The second-order valence-electron chi connectivity index (χ2n) is 8.19. The van der Waals surface area contributed by atoms with E-state index in [0.717, 1.165) is 66.3 Å². The third-order valence-electron chi connectivity index (χ3n) is 5.76. The lowest BCUT2D eigenvalue weighted by Gasteiger charge is -2.32. The molecule has 0 saturated carbocycles. The largest absolute Gasteiger partial charge is 0.490 e. The minimum atomic E-state index is 0.231. The first kappa shape index (κ1) is 20.9. The van der Waals surface area contributed by atoms with Crippen molar-refractivity contribution in [2.24, 2.45) is 0 Å². The van der Waals surface area contributed by atoms with E-state index in [2.05, 4.69) is 34.2 Å². The highest BCUT2D eigenvalue weighted by atomic mass is 16.5. The Morgan fingerprint density at radius 3 is 2.35 bits per heavy atom. The molecule has 0 spiro atoms. The van der Waals surface area contributed by atoms with Gasteiger partial charge in [-0.1, -0.05) is 30.3 Å². The summed E-state index contributed by atoms with van der Waals surface area (Å²) >= 11 is 0. The number of aromatic nitrogens is 1. The molecule has 0 aliphatic carbocycles. The van der Waals surface area contributed by atoms with Crippen molar-refractivity contribution < 1.29 is 4.74 Å². The van der Waals surface area contributed by atoms with Crippen molar-refractivity contribution in [1.29, 1.82) is 5.26 Å². The Balaban J connectivity index is 1.30. The molecule has 31 heavy (non-hydrogen) atoms. The predicted molar refractivity (Wildman–Crippen MR) is 124 cm³/mol. The zero-order valence-electron chi connectivity index (χ0n) is 18.2. The quantitative estimate of drug-likeness (QED) is 0.586. The Bertz CT molecular complexity index is 1030. The lowest BCUT2D eigenvalue weighted by atomic mass is 10.0. The molecule has 0 amide bonds. The summed E-state index contributed by atoms with van der Waals surface area (Å²) in [4.78, 5) is 8.89. The number of anilines is 1. The van der Waals surface area contributed by atoms with E-state index in [1.54, 1.807) is 0 Å². The van der Waals surface area contributed by atoms with Crippen LogP contribution in [0.15, 0.2) is 66.9 Å². The summed E-state index contributed by atoms with van der Waals surface area (Å²) < 4.78 is 6.24. The van der Waals surface area contributed by atoms with E-state index in [4.69, 9.17) is 4.74 Å². The summed E-state index contributed by atoms with van der Waals surface area (Å²) in [6.07, 6.45) is 4.12. The van der Waals surface area contributed by atoms with Crippen LogP contribution in [0.25, 0.3) is 11.1 Å².